The quantitative estimate of drug-likeness (QED) is 0.569. The SMILES string of the molecule is Cc1nc(Oc2cc(C#N)ccc2-c2ccc([C@H](O)CN)cn2)cc(N2CCOC(C)(C)C2)n1. The normalized spacial score (nSPS) is 16.1. The smallest absolute Gasteiger partial charge is 0.224 e. The van der Waals surface area contributed by atoms with Crippen molar-refractivity contribution in [3.63, 3.8) is 0 Å². The van der Waals surface area contributed by atoms with Crippen molar-refractivity contribution in [2.24, 2.45) is 5.73 Å². The highest BCUT2D eigenvalue weighted by Gasteiger charge is 2.28. The number of nitriles is 1. The Morgan fingerprint density at radius 3 is 2.76 bits per heavy atom. The molecule has 9 heteroatoms. The van der Waals surface area contributed by atoms with Crippen molar-refractivity contribution < 1.29 is 14.6 Å². The summed E-state index contributed by atoms with van der Waals surface area (Å²) in [6.45, 7) is 8.06. The number of aryl methyl sites for hydroxylation is 1. The Morgan fingerprint density at radius 1 is 1.26 bits per heavy atom. The van der Waals surface area contributed by atoms with Crippen LogP contribution in [0.3, 0.4) is 0 Å². The molecule has 0 aliphatic carbocycles. The highest BCUT2D eigenvalue weighted by Crippen LogP contribution is 2.34. The van der Waals surface area contributed by atoms with Gasteiger partial charge in [0.15, 0.2) is 0 Å². The molecule has 176 valence electrons. The molecule has 0 radical (unpaired) electrons. The molecule has 1 fully saturated rings. The lowest BCUT2D eigenvalue weighted by Gasteiger charge is -2.38. The summed E-state index contributed by atoms with van der Waals surface area (Å²) < 4.78 is 12.0. The first-order valence-electron chi connectivity index (χ1n) is 11.1. The second kappa shape index (κ2) is 9.73. The predicted molar refractivity (Wildman–Crippen MR) is 127 cm³/mol. The molecule has 0 unspecified atom stereocenters. The molecule has 4 rings (SSSR count). The number of hydrogen-bond acceptors (Lipinski definition) is 9. The van der Waals surface area contributed by atoms with Gasteiger partial charge >= 0.3 is 0 Å². The van der Waals surface area contributed by atoms with Crippen molar-refractivity contribution >= 4 is 5.82 Å². The van der Waals surface area contributed by atoms with Crippen molar-refractivity contribution in [3.05, 3.63) is 59.5 Å². The van der Waals surface area contributed by atoms with Crippen molar-refractivity contribution in [1.29, 1.82) is 5.26 Å². The second-order valence-electron chi connectivity index (χ2n) is 8.79. The van der Waals surface area contributed by atoms with E-state index in [0.29, 0.717) is 53.0 Å². The number of nitrogens with zero attached hydrogens (tertiary/aromatic N) is 5. The standard InChI is InChI=1S/C25H28N6O3/c1-16-29-23(31-8-9-33-25(2,3)15-31)11-24(30-16)34-22-10-17(12-26)4-6-19(22)20-7-5-18(14-28-20)21(32)13-27/h4-7,10-11,14,21,32H,8-9,13,15,27H2,1-3H3/t21-/m1/s1. The summed E-state index contributed by atoms with van der Waals surface area (Å²) >= 11 is 0. The van der Waals surface area contributed by atoms with Crippen LogP contribution in [0.5, 0.6) is 11.6 Å². The van der Waals surface area contributed by atoms with Gasteiger partial charge in [-0.3, -0.25) is 4.98 Å². The van der Waals surface area contributed by atoms with Gasteiger partial charge in [0.05, 0.1) is 35.6 Å². The average Bonchev–Trinajstić information content (AvgIpc) is 2.82. The van der Waals surface area contributed by atoms with Crippen LogP contribution in [-0.4, -0.2) is 51.9 Å². The minimum Gasteiger partial charge on any atom is -0.438 e. The summed E-state index contributed by atoms with van der Waals surface area (Å²) in [4.78, 5) is 15.7. The number of benzene rings is 1. The summed E-state index contributed by atoms with van der Waals surface area (Å²) in [5, 5.41) is 19.4. The molecule has 1 atom stereocenters. The van der Waals surface area contributed by atoms with Gasteiger partial charge in [-0.25, -0.2) is 4.98 Å². The van der Waals surface area contributed by atoms with Gasteiger partial charge in [0, 0.05) is 43.0 Å². The fourth-order valence-corrected chi connectivity index (χ4v) is 3.85. The van der Waals surface area contributed by atoms with E-state index >= 15 is 0 Å². The zero-order chi connectivity index (χ0) is 24.3. The Kier molecular flexibility index (Phi) is 6.75. The zero-order valence-electron chi connectivity index (χ0n) is 19.5. The van der Waals surface area contributed by atoms with Crippen molar-refractivity contribution in [2.75, 3.05) is 31.1 Å². The van der Waals surface area contributed by atoms with Gasteiger partial charge in [-0.2, -0.15) is 10.2 Å². The molecule has 3 heterocycles. The molecule has 2 aromatic heterocycles. The molecule has 1 aromatic carbocycles. The van der Waals surface area contributed by atoms with Crippen LogP contribution in [0.4, 0.5) is 5.82 Å². The van der Waals surface area contributed by atoms with E-state index in [1.54, 1.807) is 42.6 Å². The number of aliphatic hydroxyl groups excluding tert-OH is 1. The molecule has 3 aromatic rings. The lowest BCUT2D eigenvalue weighted by atomic mass is 10.1. The number of rotatable bonds is 6. The number of morpholine rings is 1. The maximum Gasteiger partial charge on any atom is 0.224 e. The van der Waals surface area contributed by atoms with Crippen LogP contribution in [0.1, 0.15) is 36.9 Å². The third-order valence-corrected chi connectivity index (χ3v) is 5.55. The van der Waals surface area contributed by atoms with Crippen LogP contribution in [-0.2, 0) is 4.74 Å². The Balaban J connectivity index is 1.67. The van der Waals surface area contributed by atoms with Crippen LogP contribution in [0.25, 0.3) is 11.3 Å². The van der Waals surface area contributed by atoms with Gasteiger partial charge in [-0.05, 0) is 45.0 Å². The summed E-state index contributed by atoms with van der Waals surface area (Å²) in [6, 6.07) is 12.7. The third-order valence-electron chi connectivity index (χ3n) is 5.55. The van der Waals surface area contributed by atoms with E-state index in [2.05, 4.69) is 39.8 Å². The Labute approximate surface area is 198 Å². The van der Waals surface area contributed by atoms with Crippen molar-refractivity contribution in [2.45, 2.75) is 32.5 Å². The van der Waals surface area contributed by atoms with E-state index < -0.39 is 6.10 Å². The molecule has 1 saturated heterocycles. The molecule has 3 N–H and O–H groups in total. The third kappa shape index (κ3) is 5.31. The molecular formula is C25H28N6O3. The molecule has 0 saturated carbocycles. The summed E-state index contributed by atoms with van der Waals surface area (Å²) in [5.74, 6) is 2.16. The summed E-state index contributed by atoms with van der Waals surface area (Å²) in [7, 11) is 0. The van der Waals surface area contributed by atoms with E-state index in [1.807, 2.05) is 6.92 Å². The van der Waals surface area contributed by atoms with E-state index in [-0.39, 0.29) is 12.1 Å². The maximum atomic E-state index is 9.95. The minimum absolute atomic E-state index is 0.113. The number of nitrogens with two attached hydrogens (primary N) is 1. The van der Waals surface area contributed by atoms with Gasteiger partial charge in [0.2, 0.25) is 5.88 Å². The summed E-state index contributed by atoms with van der Waals surface area (Å²) in [5.41, 5.74) is 7.67. The first kappa shape index (κ1) is 23.6. The molecule has 1 aliphatic rings. The van der Waals surface area contributed by atoms with E-state index in [4.69, 9.17) is 15.2 Å². The average molecular weight is 461 g/mol. The van der Waals surface area contributed by atoms with E-state index in [9.17, 15) is 10.4 Å². The van der Waals surface area contributed by atoms with Crippen LogP contribution >= 0.6 is 0 Å². The molecular weight excluding hydrogens is 432 g/mol. The van der Waals surface area contributed by atoms with E-state index in [0.717, 1.165) is 12.4 Å². The predicted octanol–water partition coefficient (Wildman–Crippen LogP) is 3.12. The monoisotopic (exact) mass is 460 g/mol. The fourth-order valence-electron chi connectivity index (χ4n) is 3.85. The largest absolute Gasteiger partial charge is 0.438 e. The second-order valence-corrected chi connectivity index (χ2v) is 8.79. The first-order chi connectivity index (χ1) is 16.3. The van der Waals surface area contributed by atoms with E-state index in [1.165, 1.54) is 0 Å². The maximum absolute atomic E-state index is 9.95. The Hall–Kier alpha value is -3.58. The lowest BCUT2D eigenvalue weighted by Crippen LogP contribution is -2.48. The van der Waals surface area contributed by atoms with Crippen LogP contribution in [0.2, 0.25) is 0 Å². The number of anilines is 1. The topological polar surface area (TPSA) is 130 Å². The fraction of sp³-hybridized carbons (Fsp3) is 0.360. The highest BCUT2D eigenvalue weighted by atomic mass is 16.5. The molecule has 1 aliphatic heterocycles. The van der Waals surface area contributed by atoms with Gasteiger partial charge in [-0.15, -0.1) is 0 Å². The molecule has 9 nitrogen and oxygen atoms in total. The zero-order valence-corrected chi connectivity index (χ0v) is 19.5. The number of hydrogen-bond donors (Lipinski definition) is 2. The van der Waals surface area contributed by atoms with Crippen molar-refractivity contribution in [3.8, 4) is 29.0 Å². The van der Waals surface area contributed by atoms with Crippen LogP contribution < -0.4 is 15.4 Å². The first-order valence-corrected chi connectivity index (χ1v) is 11.1. The van der Waals surface area contributed by atoms with Gasteiger partial charge < -0.3 is 25.2 Å². The number of aromatic nitrogens is 3. The molecule has 0 spiro atoms. The van der Waals surface area contributed by atoms with Crippen LogP contribution in [0.15, 0.2) is 42.6 Å². The lowest BCUT2D eigenvalue weighted by molar-refractivity contribution is -0.0279. The highest BCUT2D eigenvalue weighted by molar-refractivity contribution is 5.69. The molecule has 34 heavy (non-hydrogen) atoms. The van der Waals surface area contributed by atoms with Gasteiger partial charge in [-0.1, -0.05) is 6.07 Å². The van der Waals surface area contributed by atoms with Gasteiger partial charge in [0.25, 0.3) is 0 Å². The Bertz CT molecular complexity index is 1210. The van der Waals surface area contributed by atoms with Crippen molar-refractivity contribution in [1.82, 2.24) is 15.0 Å². The number of ether oxygens (including phenoxy) is 2. The molecule has 0 bridgehead atoms. The van der Waals surface area contributed by atoms with Crippen LogP contribution in [0, 0.1) is 18.3 Å². The number of aliphatic hydroxyl groups is 1. The number of pyridine rings is 1. The molecule has 0 amide bonds. The Morgan fingerprint density at radius 2 is 2.09 bits per heavy atom. The van der Waals surface area contributed by atoms with Gasteiger partial charge in [0.1, 0.15) is 17.4 Å². The minimum atomic E-state index is -0.772. The summed E-state index contributed by atoms with van der Waals surface area (Å²) in [6.07, 6.45) is 0.813.